The summed E-state index contributed by atoms with van der Waals surface area (Å²) in [4.78, 5) is 0.363. The molecule has 1 aromatic carbocycles. The summed E-state index contributed by atoms with van der Waals surface area (Å²) >= 11 is 0. The van der Waals surface area contributed by atoms with Crippen molar-refractivity contribution in [2.75, 3.05) is 46.1 Å². The molecule has 0 unspecified atom stereocenters. The summed E-state index contributed by atoms with van der Waals surface area (Å²) in [5, 5.41) is 0. The monoisotopic (exact) mass is 409 g/mol. The summed E-state index contributed by atoms with van der Waals surface area (Å²) in [6.45, 7) is 6.79. The van der Waals surface area contributed by atoms with E-state index >= 15 is 0 Å². The van der Waals surface area contributed by atoms with Crippen molar-refractivity contribution in [3.63, 3.8) is 0 Å². The standard InChI is InChI=1S/C21H31NO5S/c1-17-2-4-20(5-3-17)28(23,24)22-15-21(16-22)19(9-13-27-21)8-12-26-14-18-6-10-25-11-7-18/h2-5,18-19H,6-16H2,1H3/t19-/m1/s1. The van der Waals surface area contributed by atoms with E-state index in [-0.39, 0.29) is 5.60 Å². The van der Waals surface area contributed by atoms with Crippen LogP contribution in [0.5, 0.6) is 0 Å². The highest BCUT2D eigenvalue weighted by Gasteiger charge is 2.56. The Labute approximate surface area is 168 Å². The van der Waals surface area contributed by atoms with Crippen molar-refractivity contribution < 1.29 is 22.6 Å². The molecule has 0 bridgehead atoms. The van der Waals surface area contributed by atoms with E-state index in [4.69, 9.17) is 14.2 Å². The molecule has 1 aromatic rings. The van der Waals surface area contributed by atoms with E-state index in [2.05, 4.69) is 0 Å². The number of aryl methyl sites for hydroxylation is 1. The molecular weight excluding hydrogens is 378 g/mol. The third kappa shape index (κ3) is 4.14. The van der Waals surface area contributed by atoms with Crippen LogP contribution >= 0.6 is 0 Å². The smallest absolute Gasteiger partial charge is 0.243 e. The van der Waals surface area contributed by atoms with Gasteiger partial charge in [-0.1, -0.05) is 17.7 Å². The molecule has 0 N–H and O–H groups in total. The van der Waals surface area contributed by atoms with Crippen LogP contribution in [0.4, 0.5) is 0 Å². The van der Waals surface area contributed by atoms with Crippen molar-refractivity contribution in [2.45, 2.75) is 43.1 Å². The van der Waals surface area contributed by atoms with Gasteiger partial charge in [0, 0.05) is 46.1 Å². The summed E-state index contributed by atoms with van der Waals surface area (Å²) in [5.41, 5.74) is 0.735. The second-order valence-electron chi connectivity index (χ2n) is 8.40. The number of ether oxygens (including phenoxy) is 3. The molecule has 0 amide bonds. The molecule has 0 saturated carbocycles. The zero-order valence-corrected chi connectivity index (χ0v) is 17.5. The lowest BCUT2D eigenvalue weighted by molar-refractivity contribution is -0.106. The van der Waals surface area contributed by atoms with Gasteiger partial charge in [-0.05, 0) is 56.6 Å². The Morgan fingerprint density at radius 2 is 1.82 bits per heavy atom. The maximum atomic E-state index is 12.8. The third-order valence-electron chi connectivity index (χ3n) is 6.45. The first-order valence-electron chi connectivity index (χ1n) is 10.4. The van der Waals surface area contributed by atoms with Crippen LogP contribution in [0, 0.1) is 18.8 Å². The second kappa shape index (κ2) is 8.40. The molecule has 1 spiro atoms. The van der Waals surface area contributed by atoms with E-state index < -0.39 is 10.0 Å². The minimum atomic E-state index is -3.44. The van der Waals surface area contributed by atoms with Crippen LogP contribution in [-0.2, 0) is 24.2 Å². The predicted octanol–water partition coefficient (Wildman–Crippen LogP) is 2.61. The fraction of sp³-hybridized carbons (Fsp3) is 0.714. The first-order valence-corrected chi connectivity index (χ1v) is 11.8. The van der Waals surface area contributed by atoms with E-state index in [1.54, 1.807) is 16.4 Å². The Morgan fingerprint density at radius 1 is 1.11 bits per heavy atom. The predicted molar refractivity (Wildman–Crippen MR) is 106 cm³/mol. The molecule has 6 nitrogen and oxygen atoms in total. The maximum absolute atomic E-state index is 12.8. The van der Waals surface area contributed by atoms with Gasteiger partial charge in [0.2, 0.25) is 10.0 Å². The molecule has 0 radical (unpaired) electrons. The first-order chi connectivity index (χ1) is 13.5. The summed E-state index contributed by atoms with van der Waals surface area (Å²) in [7, 11) is -3.44. The van der Waals surface area contributed by atoms with Crippen LogP contribution in [0.1, 0.15) is 31.2 Å². The van der Waals surface area contributed by atoms with Crippen molar-refractivity contribution in [3.8, 4) is 0 Å². The van der Waals surface area contributed by atoms with Crippen molar-refractivity contribution in [2.24, 2.45) is 11.8 Å². The van der Waals surface area contributed by atoms with E-state index in [1.165, 1.54) is 0 Å². The number of benzene rings is 1. The van der Waals surface area contributed by atoms with E-state index in [0.717, 1.165) is 57.7 Å². The number of nitrogens with zero attached hydrogens (tertiary/aromatic N) is 1. The first kappa shape index (κ1) is 20.3. The van der Waals surface area contributed by atoms with Gasteiger partial charge in [0.15, 0.2) is 0 Å². The Morgan fingerprint density at radius 3 is 2.54 bits per heavy atom. The fourth-order valence-corrected chi connectivity index (χ4v) is 6.07. The van der Waals surface area contributed by atoms with Crippen LogP contribution in [0.2, 0.25) is 0 Å². The number of hydrogen-bond acceptors (Lipinski definition) is 5. The highest BCUT2D eigenvalue weighted by molar-refractivity contribution is 7.89. The van der Waals surface area contributed by atoms with Gasteiger partial charge in [0.05, 0.1) is 10.5 Å². The summed E-state index contributed by atoms with van der Waals surface area (Å²) in [5.74, 6) is 0.980. The minimum absolute atomic E-state index is 0.320. The van der Waals surface area contributed by atoms with Crippen LogP contribution in [0.15, 0.2) is 29.2 Å². The van der Waals surface area contributed by atoms with E-state index in [1.807, 2.05) is 19.1 Å². The average molecular weight is 410 g/mol. The lowest BCUT2D eigenvalue weighted by atomic mass is 9.80. The number of sulfonamides is 1. The molecule has 0 aliphatic carbocycles. The molecule has 3 saturated heterocycles. The van der Waals surface area contributed by atoms with Crippen LogP contribution in [0.3, 0.4) is 0 Å². The molecular formula is C21H31NO5S. The molecule has 4 rings (SSSR count). The summed E-state index contributed by atoms with van der Waals surface area (Å²) in [6, 6.07) is 7.06. The van der Waals surface area contributed by atoms with Crippen LogP contribution in [-0.4, -0.2) is 64.4 Å². The second-order valence-corrected chi connectivity index (χ2v) is 10.3. The molecule has 156 valence electrons. The quantitative estimate of drug-likeness (QED) is 0.648. The Bertz CT molecular complexity index is 752. The largest absolute Gasteiger partial charge is 0.381 e. The van der Waals surface area contributed by atoms with Gasteiger partial charge in [-0.15, -0.1) is 0 Å². The lowest BCUT2D eigenvalue weighted by Gasteiger charge is -2.49. The third-order valence-corrected chi connectivity index (χ3v) is 8.26. The number of rotatable bonds is 7. The van der Waals surface area contributed by atoms with E-state index in [0.29, 0.717) is 36.4 Å². The van der Waals surface area contributed by atoms with Gasteiger partial charge in [-0.2, -0.15) is 4.31 Å². The van der Waals surface area contributed by atoms with Gasteiger partial charge in [0.1, 0.15) is 0 Å². The summed E-state index contributed by atoms with van der Waals surface area (Å²) in [6.07, 6.45) is 4.09. The van der Waals surface area contributed by atoms with Crippen LogP contribution in [0.25, 0.3) is 0 Å². The van der Waals surface area contributed by atoms with Gasteiger partial charge in [0.25, 0.3) is 0 Å². The Hall–Kier alpha value is -0.990. The van der Waals surface area contributed by atoms with Crippen molar-refractivity contribution in [1.29, 1.82) is 0 Å². The Kier molecular flexibility index (Phi) is 6.09. The minimum Gasteiger partial charge on any atom is -0.381 e. The summed E-state index contributed by atoms with van der Waals surface area (Å²) < 4.78 is 44.6. The zero-order valence-electron chi connectivity index (χ0n) is 16.6. The highest BCUT2D eigenvalue weighted by atomic mass is 32.2. The molecule has 3 aliphatic rings. The molecule has 28 heavy (non-hydrogen) atoms. The molecule has 7 heteroatoms. The highest BCUT2D eigenvalue weighted by Crippen LogP contribution is 2.43. The normalized spacial score (nSPS) is 25.8. The molecule has 3 aliphatic heterocycles. The average Bonchev–Trinajstić information content (AvgIpc) is 3.09. The van der Waals surface area contributed by atoms with Crippen molar-refractivity contribution in [3.05, 3.63) is 29.8 Å². The zero-order chi connectivity index (χ0) is 19.6. The maximum Gasteiger partial charge on any atom is 0.243 e. The molecule has 3 fully saturated rings. The molecule has 1 atom stereocenters. The molecule has 0 aromatic heterocycles. The van der Waals surface area contributed by atoms with Gasteiger partial charge < -0.3 is 14.2 Å². The fourth-order valence-electron chi connectivity index (χ4n) is 4.51. The number of hydrogen-bond donors (Lipinski definition) is 0. The van der Waals surface area contributed by atoms with Crippen LogP contribution < -0.4 is 0 Å². The SMILES string of the molecule is Cc1ccc(S(=O)(=O)N2CC3(C2)OCC[C@H]3CCOCC2CCOCC2)cc1. The van der Waals surface area contributed by atoms with Gasteiger partial charge in [-0.3, -0.25) is 0 Å². The van der Waals surface area contributed by atoms with Crippen molar-refractivity contribution >= 4 is 10.0 Å². The van der Waals surface area contributed by atoms with E-state index in [9.17, 15) is 8.42 Å². The van der Waals surface area contributed by atoms with Gasteiger partial charge >= 0.3 is 0 Å². The Balaban J connectivity index is 1.27. The lowest BCUT2D eigenvalue weighted by Crippen LogP contribution is -2.65. The van der Waals surface area contributed by atoms with Crippen molar-refractivity contribution in [1.82, 2.24) is 4.31 Å². The topological polar surface area (TPSA) is 65.1 Å². The molecule has 3 heterocycles. The van der Waals surface area contributed by atoms with Gasteiger partial charge in [-0.25, -0.2) is 8.42 Å².